The minimum atomic E-state index is -0.948. The van der Waals surface area contributed by atoms with Gasteiger partial charge in [0.25, 0.3) is 0 Å². The summed E-state index contributed by atoms with van der Waals surface area (Å²) in [6.45, 7) is 0. The maximum absolute atomic E-state index is 12.4. The van der Waals surface area contributed by atoms with E-state index in [2.05, 4.69) is 15.8 Å². The Morgan fingerprint density at radius 2 is 1.88 bits per heavy atom. The highest BCUT2D eigenvalue weighted by atomic mass is 35.5. The molecule has 1 saturated carbocycles. The highest BCUT2D eigenvalue weighted by Crippen LogP contribution is 2.32. The number of halogens is 1. The first-order valence-electron chi connectivity index (χ1n) is 8.34. The Balaban J connectivity index is 1.53. The number of nitrogens with one attached hydrogen (secondary N) is 2. The Hall–Kier alpha value is -2.67. The average Bonchev–Trinajstić information content (AvgIpc) is 2.65. The quantitative estimate of drug-likeness (QED) is 0.481. The third-order valence-corrected chi connectivity index (χ3v) is 4.62. The molecule has 1 aromatic carbocycles. The van der Waals surface area contributed by atoms with Gasteiger partial charge in [0.2, 0.25) is 0 Å². The van der Waals surface area contributed by atoms with E-state index in [1.54, 1.807) is 24.3 Å². The summed E-state index contributed by atoms with van der Waals surface area (Å²) in [6.07, 6.45) is 6.25. The number of hydrazone groups is 1. The lowest BCUT2D eigenvalue weighted by Crippen LogP contribution is -2.37. The molecule has 2 unspecified atom stereocenters. The van der Waals surface area contributed by atoms with Gasteiger partial charge in [-0.25, -0.2) is 5.43 Å². The maximum atomic E-state index is 12.4. The summed E-state index contributed by atoms with van der Waals surface area (Å²) < 4.78 is 5.58. The van der Waals surface area contributed by atoms with E-state index in [1.165, 1.54) is 12.5 Å². The van der Waals surface area contributed by atoms with Crippen LogP contribution in [0.5, 0.6) is 0 Å². The van der Waals surface area contributed by atoms with Gasteiger partial charge in [-0.15, -0.1) is 0 Å². The van der Waals surface area contributed by atoms with Crippen molar-refractivity contribution < 1.29 is 19.1 Å². The van der Waals surface area contributed by atoms with E-state index in [-0.39, 0.29) is 23.4 Å². The smallest absolute Gasteiger partial charge is 0.329 e. The van der Waals surface area contributed by atoms with Crippen molar-refractivity contribution in [2.45, 2.75) is 31.8 Å². The number of rotatable bonds is 3. The predicted octanol–water partition coefficient (Wildman–Crippen LogP) is 2.42. The number of carbonyl (C=O) groups excluding carboxylic acids is 3. The van der Waals surface area contributed by atoms with Gasteiger partial charge in [0.15, 0.2) is 5.78 Å². The van der Waals surface area contributed by atoms with Gasteiger partial charge in [0, 0.05) is 10.7 Å². The van der Waals surface area contributed by atoms with Gasteiger partial charge in [-0.05, 0) is 43.5 Å². The second kappa shape index (κ2) is 8.14. The van der Waals surface area contributed by atoms with E-state index < -0.39 is 11.8 Å². The van der Waals surface area contributed by atoms with Crippen LogP contribution < -0.4 is 10.7 Å². The number of allylic oxidation sites excluding steroid dienone is 1. The van der Waals surface area contributed by atoms with Crippen molar-refractivity contribution in [1.29, 1.82) is 0 Å². The van der Waals surface area contributed by atoms with Crippen molar-refractivity contribution >= 4 is 41.1 Å². The lowest BCUT2D eigenvalue weighted by Gasteiger charge is -2.33. The molecule has 2 amide bonds. The molecule has 1 aliphatic carbocycles. The van der Waals surface area contributed by atoms with Crippen molar-refractivity contribution in [2.24, 2.45) is 11.0 Å². The third kappa shape index (κ3) is 4.29. The normalized spacial score (nSPS) is 22.2. The van der Waals surface area contributed by atoms with Crippen LogP contribution >= 0.6 is 11.6 Å². The highest BCUT2D eigenvalue weighted by molar-refractivity contribution is 6.39. The van der Waals surface area contributed by atoms with E-state index >= 15 is 0 Å². The average molecular weight is 376 g/mol. The molecule has 136 valence electrons. The molecule has 2 aliphatic rings. The number of benzene rings is 1. The fourth-order valence-electron chi connectivity index (χ4n) is 3.02. The van der Waals surface area contributed by atoms with E-state index in [1.807, 2.05) is 0 Å². The van der Waals surface area contributed by atoms with E-state index in [9.17, 15) is 14.4 Å². The first-order chi connectivity index (χ1) is 12.5. The second-order valence-electron chi connectivity index (χ2n) is 6.16. The lowest BCUT2D eigenvalue weighted by atomic mass is 9.80. The summed E-state index contributed by atoms with van der Waals surface area (Å²) in [6, 6.07) is 6.32. The van der Waals surface area contributed by atoms with Crippen LogP contribution in [0, 0.1) is 5.92 Å². The van der Waals surface area contributed by atoms with Crippen molar-refractivity contribution in [3.8, 4) is 0 Å². The predicted molar refractivity (Wildman–Crippen MR) is 96.6 cm³/mol. The number of fused-ring (bicyclic) bond motifs is 1. The van der Waals surface area contributed by atoms with Crippen LogP contribution in [0.1, 0.15) is 25.7 Å². The Kier molecular flexibility index (Phi) is 5.68. The van der Waals surface area contributed by atoms with Crippen LogP contribution in [0.2, 0.25) is 5.02 Å². The highest BCUT2D eigenvalue weighted by Gasteiger charge is 2.36. The van der Waals surface area contributed by atoms with Crippen LogP contribution in [-0.4, -0.2) is 29.9 Å². The summed E-state index contributed by atoms with van der Waals surface area (Å²) in [7, 11) is 0. The molecule has 1 aliphatic heterocycles. The second-order valence-corrected chi connectivity index (χ2v) is 6.60. The Bertz CT molecular complexity index is 773. The summed E-state index contributed by atoms with van der Waals surface area (Å²) in [4.78, 5) is 36.0. The number of hydrogen-bond donors (Lipinski definition) is 2. The van der Waals surface area contributed by atoms with Crippen LogP contribution in [0.15, 0.2) is 41.2 Å². The molecule has 0 bridgehead atoms. The van der Waals surface area contributed by atoms with Crippen LogP contribution in [0.25, 0.3) is 0 Å². The molecule has 2 atom stereocenters. The number of anilines is 1. The number of carbonyl (C=O) groups is 3. The number of nitrogens with zero attached hydrogens (tertiary/aromatic N) is 1. The summed E-state index contributed by atoms with van der Waals surface area (Å²) in [5.41, 5.74) is 2.81. The standard InChI is InChI=1S/C18H18ClN3O4/c19-12-5-7-13(8-6-12)21-17(24)18(25)22-20-9-11-10-26-15-4-2-1-3-14(15)16(11)23/h5-10,14-15H,1-4H2,(H,21,24)(H,22,25)/b20-9+. The van der Waals surface area contributed by atoms with E-state index in [0.717, 1.165) is 25.7 Å². The Labute approximate surface area is 155 Å². The zero-order chi connectivity index (χ0) is 18.5. The minimum absolute atomic E-state index is 0.0374. The van der Waals surface area contributed by atoms with Crippen molar-refractivity contribution in [1.82, 2.24) is 5.43 Å². The molecular formula is C18H18ClN3O4. The van der Waals surface area contributed by atoms with E-state index in [0.29, 0.717) is 10.7 Å². The van der Waals surface area contributed by atoms with Gasteiger partial charge in [0.05, 0.1) is 24.0 Å². The Morgan fingerprint density at radius 3 is 2.65 bits per heavy atom. The molecular weight excluding hydrogens is 358 g/mol. The van der Waals surface area contributed by atoms with Gasteiger partial charge in [0.1, 0.15) is 6.10 Å². The van der Waals surface area contributed by atoms with Crippen LogP contribution in [0.4, 0.5) is 5.69 Å². The molecule has 7 nitrogen and oxygen atoms in total. The van der Waals surface area contributed by atoms with E-state index in [4.69, 9.17) is 16.3 Å². The van der Waals surface area contributed by atoms with Crippen molar-refractivity contribution in [3.05, 3.63) is 41.1 Å². The van der Waals surface area contributed by atoms with Crippen molar-refractivity contribution in [2.75, 3.05) is 5.32 Å². The molecule has 1 heterocycles. The molecule has 0 aromatic heterocycles. The zero-order valence-corrected chi connectivity index (χ0v) is 14.7. The summed E-state index contributed by atoms with van der Waals surface area (Å²) in [5.74, 6) is -2.02. The van der Waals surface area contributed by atoms with Crippen LogP contribution in [-0.2, 0) is 19.1 Å². The summed E-state index contributed by atoms with van der Waals surface area (Å²) in [5, 5.41) is 6.62. The molecule has 1 fully saturated rings. The number of ketones is 1. The maximum Gasteiger partial charge on any atom is 0.329 e. The number of amides is 2. The van der Waals surface area contributed by atoms with Gasteiger partial charge in [-0.2, -0.15) is 5.10 Å². The third-order valence-electron chi connectivity index (χ3n) is 4.37. The topological polar surface area (TPSA) is 96.9 Å². The molecule has 1 aromatic rings. The monoisotopic (exact) mass is 375 g/mol. The fraction of sp³-hybridized carbons (Fsp3) is 0.333. The number of hydrogen-bond acceptors (Lipinski definition) is 5. The number of Topliss-reactive ketones (excluding diaryl/α,β-unsaturated/α-hetero) is 1. The lowest BCUT2D eigenvalue weighted by molar-refractivity contribution is -0.136. The molecule has 0 saturated heterocycles. The first-order valence-corrected chi connectivity index (χ1v) is 8.72. The zero-order valence-electron chi connectivity index (χ0n) is 13.9. The van der Waals surface area contributed by atoms with Gasteiger partial charge >= 0.3 is 11.8 Å². The van der Waals surface area contributed by atoms with Crippen molar-refractivity contribution in [3.63, 3.8) is 0 Å². The SMILES string of the molecule is O=C(N/N=C/C1=COC2CCCCC2C1=O)C(=O)Nc1ccc(Cl)cc1. The first kappa shape index (κ1) is 18.1. The van der Waals surface area contributed by atoms with Gasteiger partial charge in [-0.1, -0.05) is 18.0 Å². The molecule has 26 heavy (non-hydrogen) atoms. The fourth-order valence-corrected chi connectivity index (χ4v) is 3.14. The van der Waals surface area contributed by atoms with Gasteiger partial charge < -0.3 is 10.1 Å². The Morgan fingerprint density at radius 1 is 1.15 bits per heavy atom. The molecule has 0 radical (unpaired) electrons. The number of ether oxygens (including phenoxy) is 1. The molecule has 8 heteroatoms. The molecule has 0 spiro atoms. The van der Waals surface area contributed by atoms with Crippen LogP contribution in [0.3, 0.4) is 0 Å². The van der Waals surface area contributed by atoms with Gasteiger partial charge in [-0.3, -0.25) is 14.4 Å². The summed E-state index contributed by atoms with van der Waals surface area (Å²) >= 11 is 5.75. The minimum Gasteiger partial charge on any atom is -0.496 e. The largest absolute Gasteiger partial charge is 0.496 e. The molecule has 3 rings (SSSR count). The molecule has 2 N–H and O–H groups in total.